The summed E-state index contributed by atoms with van der Waals surface area (Å²) < 4.78 is 0. The lowest BCUT2D eigenvalue weighted by Gasteiger charge is -2.14. The van der Waals surface area contributed by atoms with Gasteiger partial charge in [-0.25, -0.2) is 0 Å². The SMILES string of the molecule is CCCCC(CC)CC[B][B]CC(C)CC. The lowest BCUT2D eigenvalue weighted by atomic mass is 9.35. The van der Waals surface area contributed by atoms with Gasteiger partial charge in [-0.3, -0.25) is 0 Å². The van der Waals surface area contributed by atoms with Gasteiger partial charge in [0.1, 0.15) is 0 Å². The molecule has 0 heterocycles. The van der Waals surface area contributed by atoms with Gasteiger partial charge >= 0.3 is 0 Å². The van der Waals surface area contributed by atoms with Crippen molar-refractivity contribution in [3.05, 3.63) is 0 Å². The van der Waals surface area contributed by atoms with Crippen LogP contribution in [0.1, 0.15) is 66.2 Å². The van der Waals surface area contributed by atoms with Gasteiger partial charge in [0, 0.05) is 0 Å². The average molecular weight is 220 g/mol. The minimum Gasteiger partial charge on any atom is -0.0884 e. The van der Waals surface area contributed by atoms with E-state index in [4.69, 9.17) is 0 Å². The summed E-state index contributed by atoms with van der Waals surface area (Å²) >= 11 is 0. The van der Waals surface area contributed by atoms with Crippen LogP contribution in [-0.4, -0.2) is 14.3 Å². The normalized spacial score (nSPS) is 14.5. The number of unbranched alkanes of at least 4 members (excludes halogenated alkanes) is 1. The monoisotopic (exact) mass is 220 g/mol. The van der Waals surface area contributed by atoms with E-state index in [2.05, 4.69) is 42.0 Å². The van der Waals surface area contributed by atoms with Crippen LogP contribution in [0.25, 0.3) is 0 Å². The Bertz CT molecular complexity index is 137. The molecule has 0 aromatic rings. The van der Waals surface area contributed by atoms with E-state index in [1.807, 2.05) is 0 Å². The van der Waals surface area contributed by atoms with Crippen molar-refractivity contribution in [3.63, 3.8) is 0 Å². The summed E-state index contributed by atoms with van der Waals surface area (Å²) in [6, 6.07) is 0. The van der Waals surface area contributed by atoms with Crippen molar-refractivity contribution in [2.45, 2.75) is 78.9 Å². The van der Waals surface area contributed by atoms with Gasteiger partial charge in [-0.05, 0) is 5.92 Å². The molecule has 0 nitrogen and oxygen atoms in total. The maximum absolute atomic E-state index is 2.40. The zero-order valence-electron chi connectivity index (χ0n) is 12.0. The minimum absolute atomic E-state index is 0.860. The fourth-order valence-electron chi connectivity index (χ4n) is 1.99. The second-order valence-electron chi connectivity index (χ2n) is 5.21. The molecule has 2 atom stereocenters. The Morgan fingerprint density at radius 3 is 2.25 bits per heavy atom. The molecule has 0 aliphatic carbocycles. The third-order valence-corrected chi connectivity index (χ3v) is 3.69. The largest absolute Gasteiger partial charge is 0.0884 e. The van der Waals surface area contributed by atoms with Crippen molar-refractivity contribution >= 4 is 14.3 Å². The molecule has 0 aliphatic rings. The summed E-state index contributed by atoms with van der Waals surface area (Å²) in [5.41, 5.74) is 0. The van der Waals surface area contributed by atoms with E-state index in [9.17, 15) is 0 Å². The molecule has 0 aliphatic heterocycles. The summed E-state index contributed by atoms with van der Waals surface area (Å²) in [6.45, 7) is 9.23. The van der Waals surface area contributed by atoms with Gasteiger partial charge in [0.2, 0.25) is 0 Å². The minimum atomic E-state index is 0.860. The molecule has 2 heteroatoms. The van der Waals surface area contributed by atoms with E-state index in [0.29, 0.717) is 0 Å². The molecular formula is C14H30B2. The van der Waals surface area contributed by atoms with Gasteiger partial charge in [0.15, 0.2) is 0 Å². The molecule has 2 unspecified atom stereocenters. The van der Waals surface area contributed by atoms with Crippen molar-refractivity contribution in [1.82, 2.24) is 0 Å². The second kappa shape index (κ2) is 11.6. The highest BCUT2D eigenvalue weighted by Gasteiger charge is 2.06. The van der Waals surface area contributed by atoms with Gasteiger partial charge < -0.3 is 0 Å². The van der Waals surface area contributed by atoms with Gasteiger partial charge in [-0.2, -0.15) is 0 Å². The first kappa shape index (κ1) is 16.1. The first-order chi connectivity index (χ1) is 7.74. The molecule has 0 amide bonds. The Morgan fingerprint density at radius 2 is 1.69 bits per heavy atom. The molecule has 0 saturated carbocycles. The molecule has 0 fully saturated rings. The topological polar surface area (TPSA) is 0 Å². The highest BCUT2D eigenvalue weighted by molar-refractivity contribution is 7.00. The maximum Gasteiger partial charge on any atom is 0.0656 e. The highest BCUT2D eigenvalue weighted by Crippen LogP contribution is 2.18. The van der Waals surface area contributed by atoms with Gasteiger partial charge in [0.25, 0.3) is 0 Å². The van der Waals surface area contributed by atoms with Crippen molar-refractivity contribution in [1.29, 1.82) is 0 Å². The Morgan fingerprint density at radius 1 is 0.938 bits per heavy atom. The zero-order valence-corrected chi connectivity index (χ0v) is 12.0. The molecule has 0 saturated heterocycles. The summed E-state index contributed by atoms with van der Waals surface area (Å²) in [5, 5.41) is 0. The molecular weight excluding hydrogens is 190 g/mol. The van der Waals surface area contributed by atoms with Crippen molar-refractivity contribution in [3.8, 4) is 0 Å². The van der Waals surface area contributed by atoms with E-state index in [0.717, 1.165) is 11.8 Å². The standard InChI is InChI=1S/C14H30B2/c1-5-8-9-14(7-3)10-11-15-16-12-13(4)6-2/h13-14H,5-12H2,1-4H3. The smallest absolute Gasteiger partial charge is 0.0656 e. The van der Waals surface area contributed by atoms with Crippen LogP contribution in [0, 0.1) is 11.8 Å². The fourth-order valence-corrected chi connectivity index (χ4v) is 1.99. The van der Waals surface area contributed by atoms with Crippen LogP contribution >= 0.6 is 0 Å². The Hall–Kier alpha value is 0.130. The van der Waals surface area contributed by atoms with Crippen LogP contribution in [0.4, 0.5) is 0 Å². The van der Waals surface area contributed by atoms with Crippen molar-refractivity contribution < 1.29 is 0 Å². The Kier molecular flexibility index (Phi) is 11.7. The summed E-state index contributed by atoms with van der Waals surface area (Å²) in [7, 11) is 4.79. The van der Waals surface area contributed by atoms with E-state index >= 15 is 0 Å². The number of hydrogen-bond donors (Lipinski definition) is 0. The predicted molar refractivity (Wildman–Crippen MR) is 78.5 cm³/mol. The van der Waals surface area contributed by atoms with Gasteiger partial charge in [0.05, 0.1) is 14.3 Å². The molecule has 16 heavy (non-hydrogen) atoms. The summed E-state index contributed by atoms with van der Waals surface area (Å²) in [6.07, 6.45) is 10.8. The molecule has 2 radical (unpaired) electrons. The van der Waals surface area contributed by atoms with Crippen LogP contribution < -0.4 is 0 Å². The quantitative estimate of drug-likeness (QED) is 0.346. The van der Waals surface area contributed by atoms with Crippen molar-refractivity contribution in [2.75, 3.05) is 0 Å². The third kappa shape index (κ3) is 9.36. The molecule has 0 N–H and O–H groups in total. The highest BCUT2D eigenvalue weighted by atomic mass is 14.1. The third-order valence-electron chi connectivity index (χ3n) is 3.69. The van der Waals surface area contributed by atoms with E-state index in [1.54, 1.807) is 0 Å². The molecule has 92 valence electrons. The van der Waals surface area contributed by atoms with E-state index in [1.165, 1.54) is 51.2 Å². The first-order valence-electron chi connectivity index (χ1n) is 7.39. The molecule has 0 rings (SSSR count). The molecule has 0 aromatic heterocycles. The van der Waals surface area contributed by atoms with Gasteiger partial charge in [-0.1, -0.05) is 84.8 Å². The lowest BCUT2D eigenvalue weighted by molar-refractivity contribution is 0.438. The Balaban J connectivity index is 3.33. The van der Waals surface area contributed by atoms with E-state index in [-0.39, 0.29) is 0 Å². The first-order valence-corrected chi connectivity index (χ1v) is 7.39. The lowest BCUT2D eigenvalue weighted by Crippen LogP contribution is -2.09. The van der Waals surface area contributed by atoms with E-state index < -0.39 is 0 Å². The van der Waals surface area contributed by atoms with Crippen molar-refractivity contribution in [2.24, 2.45) is 11.8 Å². The number of hydrogen-bond acceptors (Lipinski definition) is 0. The van der Waals surface area contributed by atoms with Gasteiger partial charge in [-0.15, -0.1) is 0 Å². The fraction of sp³-hybridized carbons (Fsp3) is 1.00. The Labute approximate surface area is 105 Å². The van der Waals surface area contributed by atoms with Crippen LogP contribution in [0.2, 0.25) is 12.6 Å². The second-order valence-corrected chi connectivity index (χ2v) is 5.21. The summed E-state index contributed by atoms with van der Waals surface area (Å²) in [4.78, 5) is 0. The molecule has 0 aromatic carbocycles. The van der Waals surface area contributed by atoms with Crippen LogP contribution in [0.15, 0.2) is 0 Å². The zero-order chi connectivity index (χ0) is 12.2. The van der Waals surface area contributed by atoms with Crippen LogP contribution in [-0.2, 0) is 0 Å². The molecule has 0 spiro atoms. The van der Waals surface area contributed by atoms with Crippen LogP contribution in [0.5, 0.6) is 0 Å². The summed E-state index contributed by atoms with van der Waals surface area (Å²) in [5.74, 6) is 1.83. The average Bonchev–Trinajstić information content (AvgIpc) is 2.32. The molecule has 0 bridgehead atoms. The van der Waals surface area contributed by atoms with Crippen LogP contribution in [0.3, 0.4) is 0 Å². The number of rotatable bonds is 11. The maximum atomic E-state index is 2.40. The predicted octanol–water partition coefficient (Wildman–Crippen LogP) is 4.80.